The van der Waals surface area contributed by atoms with Gasteiger partial charge in [0.05, 0.1) is 5.92 Å². The van der Waals surface area contributed by atoms with Gasteiger partial charge in [-0.05, 0) is 25.5 Å². The minimum absolute atomic E-state index is 0.208. The Hall–Kier alpha value is -2.37. The fourth-order valence-electron chi connectivity index (χ4n) is 2.37. The summed E-state index contributed by atoms with van der Waals surface area (Å²) in [7, 11) is 0. The molecule has 2 rings (SSSR count). The van der Waals surface area contributed by atoms with Gasteiger partial charge in [0.25, 0.3) is 5.91 Å². The molecule has 1 saturated heterocycles. The van der Waals surface area contributed by atoms with Crippen LogP contribution < -0.4 is 5.32 Å². The van der Waals surface area contributed by atoms with Gasteiger partial charge in [0.2, 0.25) is 5.91 Å². The maximum atomic E-state index is 12.2. The fourth-order valence-corrected chi connectivity index (χ4v) is 2.37. The maximum Gasteiger partial charge on any atom is 0.308 e. The monoisotopic (exact) mass is 290 g/mol. The van der Waals surface area contributed by atoms with Gasteiger partial charge in [-0.15, -0.1) is 0 Å². The number of hydrogen-bond donors (Lipinski definition) is 2. The molecule has 0 radical (unpaired) electrons. The largest absolute Gasteiger partial charge is 0.481 e. The van der Waals surface area contributed by atoms with E-state index in [1.54, 1.807) is 31.2 Å². The Morgan fingerprint density at radius 2 is 1.95 bits per heavy atom. The predicted molar refractivity (Wildman–Crippen MR) is 75.7 cm³/mol. The minimum Gasteiger partial charge on any atom is -0.481 e. The van der Waals surface area contributed by atoms with Crippen LogP contribution in [-0.4, -0.2) is 46.9 Å². The SMILES string of the molecule is CC(NC(=O)c1ccccc1)C(=O)N1CCC(C(=O)O)C1. The second-order valence-corrected chi connectivity index (χ2v) is 5.17. The lowest BCUT2D eigenvalue weighted by molar-refractivity contribution is -0.141. The highest BCUT2D eigenvalue weighted by molar-refractivity contribution is 5.97. The normalized spacial score (nSPS) is 19.1. The van der Waals surface area contributed by atoms with E-state index in [0.717, 1.165) is 0 Å². The highest BCUT2D eigenvalue weighted by Gasteiger charge is 2.33. The number of carbonyl (C=O) groups excluding carboxylic acids is 2. The van der Waals surface area contributed by atoms with Crippen molar-refractivity contribution < 1.29 is 19.5 Å². The summed E-state index contributed by atoms with van der Waals surface area (Å²) in [6, 6.07) is 7.97. The number of carboxylic acid groups (broad SMARTS) is 1. The average Bonchev–Trinajstić information content (AvgIpc) is 2.97. The zero-order valence-electron chi connectivity index (χ0n) is 11.8. The van der Waals surface area contributed by atoms with Crippen LogP contribution in [0.15, 0.2) is 30.3 Å². The number of carboxylic acids is 1. The molecule has 21 heavy (non-hydrogen) atoms. The summed E-state index contributed by atoms with van der Waals surface area (Å²) in [5.74, 6) is -1.95. The second-order valence-electron chi connectivity index (χ2n) is 5.17. The molecule has 2 amide bonds. The summed E-state index contributed by atoms with van der Waals surface area (Å²) in [5, 5.41) is 11.6. The Morgan fingerprint density at radius 1 is 1.29 bits per heavy atom. The van der Waals surface area contributed by atoms with Crippen LogP contribution in [0.3, 0.4) is 0 Å². The zero-order chi connectivity index (χ0) is 15.4. The van der Waals surface area contributed by atoms with Crippen LogP contribution in [-0.2, 0) is 9.59 Å². The summed E-state index contributed by atoms with van der Waals surface area (Å²) in [6.07, 6.45) is 0.459. The van der Waals surface area contributed by atoms with E-state index < -0.39 is 17.9 Å². The average molecular weight is 290 g/mol. The molecule has 1 aromatic rings. The molecule has 6 nitrogen and oxygen atoms in total. The lowest BCUT2D eigenvalue weighted by Crippen LogP contribution is -2.46. The Balaban J connectivity index is 1.92. The number of likely N-dealkylation sites (tertiary alicyclic amines) is 1. The van der Waals surface area contributed by atoms with Gasteiger partial charge in [-0.3, -0.25) is 14.4 Å². The molecule has 6 heteroatoms. The molecule has 1 heterocycles. The van der Waals surface area contributed by atoms with Gasteiger partial charge < -0.3 is 15.3 Å². The summed E-state index contributed by atoms with van der Waals surface area (Å²) < 4.78 is 0. The van der Waals surface area contributed by atoms with Crippen molar-refractivity contribution >= 4 is 17.8 Å². The van der Waals surface area contributed by atoms with Crippen molar-refractivity contribution in [3.63, 3.8) is 0 Å². The number of amides is 2. The van der Waals surface area contributed by atoms with E-state index in [4.69, 9.17) is 5.11 Å². The molecule has 0 bridgehead atoms. The number of carbonyl (C=O) groups is 3. The lowest BCUT2D eigenvalue weighted by atomic mass is 10.1. The molecule has 1 fully saturated rings. The topological polar surface area (TPSA) is 86.7 Å². The Morgan fingerprint density at radius 3 is 2.52 bits per heavy atom. The van der Waals surface area contributed by atoms with E-state index in [1.807, 2.05) is 6.07 Å². The third-order valence-corrected chi connectivity index (χ3v) is 3.60. The molecule has 2 N–H and O–H groups in total. The molecular formula is C15H18N2O4. The van der Waals surface area contributed by atoms with Crippen LogP contribution in [0.2, 0.25) is 0 Å². The number of hydrogen-bond acceptors (Lipinski definition) is 3. The van der Waals surface area contributed by atoms with Gasteiger partial charge in [0.15, 0.2) is 0 Å². The van der Waals surface area contributed by atoms with Gasteiger partial charge in [0, 0.05) is 18.7 Å². The third kappa shape index (κ3) is 3.59. The van der Waals surface area contributed by atoms with Gasteiger partial charge in [-0.25, -0.2) is 0 Å². The van der Waals surface area contributed by atoms with Crippen molar-refractivity contribution in [3.05, 3.63) is 35.9 Å². The smallest absolute Gasteiger partial charge is 0.308 e. The van der Waals surface area contributed by atoms with Crippen LogP contribution in [0.5, 0.6) is 0 Å². The van der Waals surface area contributed by atoms with Crippen LogP contribution in [0.25, 0.3) is 0 Å². The van der Waals surface area contributed by atoms with Crippen LogP contribution in [0, 0.1) is 5.92 Å². The minimum atomic E-state index is -0.883. The van der Waals surface area contributed by atoms with E-state index >= 15 is 0 Å². The van der Waals surface area contributed by atoms with E-state index in [1.165, 1.54) is 4.90 Å². The third-order valence-electron chi connectivity index (χ3n) is 3.60. The summed E-state index contributed by atoms with van der Waals surface area (Å²) in [5.41, 5.74) is 0.488. The standard InChI is InChI=1S/C15H18N2O4/c1-10(16-13(18)11-5-3-2-4-6-11)14(19)17-8-7-12(9-17)15(20)21/h2-6,10,12H,7-9H2,1H3,(H,16,18)(H,20,21). The number of aliphatic carboxylic acids is 1. The van der Waals surface area contributed by atoms with E-state index in [9.17, 15) is 14.4 Å². The van der Waals surface area contributed by atoms with E-state index in [2.05, 4.69) is 5.32 Å². The first-order valence-corrected chi connectivity index (χ1v) is 6.86. The summed E-state index contributed by atoms with van der Waals surface area (Å²) >= 11 is 0. The number of nitrogens with zero attached hydrogens (tertiary/aromatic N) is 1. The molecule has 0 saturated carbocycles. The fraction of sp³-hybridized carbons (Fsp3) is 0.400. The molecule has 2 unspecified atom stereocenters. The van der Waals surface area contributed by atoms with Gasteiger partial charge >= 0.3 is 5.97 Å². The van der Waals surface area contributed by atoms with Crippen molar-refractivity contribution in [2.45, 2.75) is 19.4 Å². The van der Waals surface area contributed by atoms with Gasteiger partial charge in [0.1, 0.15) is 6.04 Å². The van der Waals surface area contributed by atoms with Crippen molar-refractivity contribution in [2.75, 3.05) is 13.1 Å². The molecule has 112 valence electrons. The maximum absolute atomic E-state index is 12.2. The molecule has 0 spiro atoms. The second kappa shape index (κ2) is 6.39. The number of nitrogens with one attached hydrogen (secondary N) is 1. The first kappa shape index (κ1) is 15.0. The summed E-state index contributed by atoms with van der Waals surface area (Å²) in [4.78, 5) is 36.6. The molecule has 1 aliphatic heterocycles. The van der Waals surface area contributed by atoms with Crippen LogP contribution in [0.1, 0.15) is 23.7 Å². The summed E-state index contributed by atoms with van der Waals surface area (Å²) in [6.45, 7) is 2.23. The predicted octanol–water partition coefficient (Wildman–Crippen LogP) is 0.738. The van der Waals surface area contributed by atoms with E-state index in [0.29, 0.717) is 18.5 Å². The van der Waals surface area contributed by atoms with Crippen molar-refractivity contribution in [1.82, 2.24) is 10.2 Å². The van der Waals surface area contributed by atoms with Gasteiger partial charge in [-0.2, -0.15) is 0 Å². The first-order chi connectivity index (χ1) is 9.99. The molecular weight excluding hydrogens is 272 g/mol. The molecule has 0 aliphatic carbocycles. The van der Waals surface area contributed by atoms with Gasteiger partial charge in [-0.1, -0.05) is 18.2 Å². The Bertz CT molecular complexity index is 544. The lowest BCUT2D eigenvalue weighted by Gasteiger charge is -2.21. The molecule has 2 atom stereocenters. The van der Waals surface area contributed by atoms with Crippen LogP contribution >= 0.6 is 0 Å². The molecule has 1 aromatic carbocycles. The van der Waals surface area contributed by atoms with Crippen molar-refractivity contribution in [3.8, 4) is 0 Å². The zero-order valence-corrected chi connectivity index (χ0v) is 11.8. The quantitative estimate of drug-likeness (QED) is 0.856. The van der Waals surface area contributed by atoms with E-state index in [-0.39, 0.29) is 18.4 Å². The van der Waals surface area contributed by atoms with Crippen LogP contribution in [0.4, 0.5) is 0 Å². The highest BCUT2D eigenvalue weighted by atomic mass is 16.4. The molecule has 1 aliphatic rings. The number of benzene rings is 1. The van der Waals surface area contributed by atoms with Crippen molar-refractivity contribution in [2.24, 2.45) is 5.92 Å². The Kier molecular flexibility index (Phi) is 4.57. The highest BCUT2D eigenvalue weighted by Crippen LogP contribution is 2.17. The first-order valence-electron chi connectivity index (χ1n) is 6.86. The molecule has 0 aromatic heterocycles. The Labute approximate surface area is 122 Å². The van der Waals surface area contributed by atoms with Crippen molar-refractivity contribution in [1.29, 1.82) is 0 Å². The number of rotatable bonds is 4.